The summed E-state index contributed by atoms with van der Waals surface area (Å²) in [6.07, 6.45) is 4.80. The van der Waals surface area contributed by atoms with E-state index in [4.69, 9.17) is 9.47 Å². The first-order valence-electron chi connectivity index (χ1n) is 9.47. The van der Waals surface area contributed by atoms with Gasteiger partial charge in [-0.15, -0.1) is 0 Å². The molecule has 2 aromatic rings. The molecular weight excluding hydrogens is 344 g/mol. The van der Waals surface area contributed by atoms with Crippen molar-refractivity contribution in [1.82, 2.24) is 20.0 Å². The Kier molecular flexibility index (Phi) is 5.03. The molecule has 1 amide bonds. The van der Waals surface area contributed by atoms with Gasteiger partial charge in [0.2, 0.25) is 0 Å². The Bertz CT molecular complexity index is 811. The van der Waals surface area contributed by atoms with Crippen LogP contribution in [0.5, 0.6) is 11.5 Å². The lowest BCUT2D eigenvalue weighted by molar-refractivity contribution is 0.0733. The van der Waals surface area contributed by atoms with Crippen LogP contribution in [-0.4, -0.2) is 65.8 Å². The average Bonchev–Trinajstić information content (AvgIpc) is 3.17. The minimum Gasteiger partial charge on any atom is -0.493 e. The second-order valence-electron chi connectivity index (χ2n) is 7.34. The molecule has 7 nitrogen and oxygen atoms in total. The van der Waals surface area contributed by atoms with Crippen molar-refractivity contribution in [2.24, 2.45) is 0 Å². The quantitative estimate of drug-likeness (QED) is 0.892. The zero-order valence-electron chi connectivity index (χ0n) is 15.9. The van der Waals surface area contributed by atoms with Gasteiger partial charge in [-0.25, -0.2) is 0 Å². The molecule has 2 aliphatic rings. The number of ether oxygens (including phenoxy) is 2. The number of carbonyl (C=O) groups is 1. The summed E-state index contributed by atoms with van der Waals surface area (Å²) in [6, 6.07) is 5.48. The van der Waals surface area contributed by atoms with Gasteiger partial charge in [-0.1, -0.05) is 0 Å². The third-order valence-electron chi connectivity index (χ3n) is 5.46. The minimum atomic E-state index is 0.00555. The van der Waals surface area contributed by atoms with Crippen molar-refractivity contribution >= 4 is 5.91 Å². The van der Waals surface area contributed by atoms with E-state index >= 15 is 0 Å². The zero-order valence-corrected chi connectivity index (χ0v) is 15.9. The number of likely N-dealkylation sites (tertiary alicyclic amines) is 1. The number of piperidine rings is 1. The van der Waals surface area contributed by atoms with Crippen LogP contribution in [-0.2, 0) is 13.0 Å². The van der Waals surface area contributed by atoms with Gasteiger partial charge >= 0.3 is 0 Å². The maximum Gasteiger partial charge on any atom is 0.254 e. The molecule has 1 aromatic heterocycles. The van der Waals surface area contributed by atoms with Gasteiger partial charge < -0.3 is 19.3 Å². The fourth-order valence-corrected chi connectivity index (χ4v) is 3.76. The van der Waals surface area contributed by atoms with Crippen LogP contribution in [0.25, 0.3) is 0 Å². The van der Waals surface area contributed by atoms with Crippen LogP contribution in [0, 0.1) is 0 Å². The summed E-state index contributed by atoms with van der Waals surface area (Å²) in [4.78, 5) is 17.1. The van der Waals surface area contributed by atoms with Crippen molar-refractivity contribution < 1.29 is 14.3 Å². The highest BCUT2D eigenvalue weighted by atomic mass is 16.5. The van der Waals surface area contributed by atoms with Crippen LogP contribution in [0.4, 0.5) is 0 Å². The molecule has 1 fully saturated rings. The molecule has 0 saturated carbocycles. The first kappa shape index (κ1) is 17.9. The van der Waals surface area contributed by atoms with E-state index in [2.05, 4.69) is 22.1 Å². The molecule has 144 valence electrons. The number of carbonyl (C=O) groups excluding carboxylic acids is 1. The zero-order chi connectivity index (χ0) is 18.8. The highest BCUT2D eigenvalue weighted by Gasteiger charge is 2.25. The molecule has 3 heterocycles. The van der Waals surface area contributed by atoms with Crippen LogP contribution >= 0.6 is 0 Å². The van der Waals surface area contributed by atoms with E-state index in [0.29, 0.717) is 30.2 Å². The summed E-state index contributed by atoms with van der Waals surface area (Å²) in [5.74, 6) is 1.33. The van der Waals surface area contributed by atoms with Crippen LogP contribution in [0.15, 0.2) is 24.4 Å². The molecule has 0 atom stereocenters. The van der Waals surface area contributed by atoms with Crippen LogP contribution in [0.1, 0.15) is 34.5 Å². The summed E-state index contributed by atoms with van der Waals surface area (Å²) >= 11 is 0. The first-order valence-corrected chi connectivity index (χ1v) is 9.47. The van der Waals surface area contributed by atoms with Gasteiger partial charge in [0, 0.05) is 49.4 Å². The molecule has 0 radical (unpaired) electrons. The number of methoxy groups -OCH3 is 1. The standard InChI is InChI=1S/C20H26N4O3/c1-23-8-5-16(6-9-23)27-18-4-3-14(11-19(18)26-2)20(25)24-10-7-17-15(13-24)12-21-22-17/h3-4,11-12,16H,5-10,13H2,1-2H3,(H,21,22). The fourth-order valence-electron chi connectivity index (χ4n) is 3.76. The predicted molar refractivity (Wildman–Crippen MR) is 101 cm³/mol. The predicted octanol–water partition coefficient (Wildman–Crippen LogP) is 2.09. The largest absolute Gasteiger partial charge is 0.493 e. The lowest BCUT2D eigenvalue weighted by Gasteiger charge is -2.30. The number of benzene rings is 1. The van der Waals surface area contributed by atoms with Gasteiger partial charge in [-0.05, 0) is 38.1 Å². The van der Waals surface area contributed by atoms with E-state index in [1.54, 1.807) is 19.4 Å². The van der Waals surface area contributed by atoms with E-state index in [-0.39, 0.29) is 12.0 Å². The second kappa shape index (κ2) is 7.60. The van der Waals surface area contributed by atoms with E-state index in [9.17, 15) is 4.79 Å². The fraction of sp³-hybridized carbons (Fsp3) is 0.500. The van der Waals surface area contributed by atoms with Gasteiger partial charge in [-0.3, -0.25) is 9.89 Å². The minimum absolute atomic E-state index is 0.00555. The molecule has 0 unspecified atom stereocenters. The number of aromatic nitrogens is 2. The molecule has 1 saturated heterocycles. The molecule has 0 spiro atoms. The lowest BCUT2D eigenvalue weighted by Crippen LogP contribution is -2.36. The lowest BCUT2D eigenvalue weighted by atomic mass is 10.1. The first-order chi connectivity index (χ1) is 13.1. The molecule has 2 aliphatic heterocycles. The van der Waals surface area contributed by atoms with Crippen LogP contribution < -0.4 is 9.47 Å². The van der Waals surface area contributed by atoms with E-state index < -0.39 is 0 Å². The number of H-pyrrole nitrogens is 1. The topological polar surface area (TPSA) is 70.7 Å². The molecule has 27 heavy (non-hydrogen) atoms. The van der Waals surface area contributed by atoms with Crippen molar-refractivity contribution in [2.75, 3.05) is 33.8 Å². The highest BCUT2D eigenvalue weighted by Crippen LogP contribution is 2.31. The molecule has 0 bridgehead atoms. The SMILES string of the molecule is COc1cc(C(=O)N2CCc3[nH]ncc3C2)ccc1OC1CCN(C)CC1. The third kappa shape index (κ3) is 3.78. The Morgan fingerprint density at radius 1 is 1.22 bits per heavy atom. The monoisotopic (exact) mass is 370 g/mol. The second-order valence-corrected chi connectivity index (χ2v) is 7.34. The van der Waals surface area contributed by atoms with Crippen molar-refractivity contribution in [1.29, 1.82) is 0 Å². The molecule has 1 aromatic carbocycles. The Hall–Kier alpha value is -2.54. The van der Waals surface area contributed by atoms with E-state index in [1.165, 1.54) is 0 Å². The number of amides is 1. The summed E-state index contributed by atoms with van der Waals surface area (Å²) in [5.41, 5.74) is 2.83. The van der Waals surface area contributed by atoms with E-state index in [1.807, 2.05) is 17.0 Å². The number of rotatable bonds is 4. The van der Waals surface area contributed by atoms with Crippen LogP contribution in [0.3, 0.4) is 0 Å². The number of hydrogen-bond acceptors (Lipinski definition) is 5. The molecule has 4 rings (SSSR count). The third-order valence-corrected chi connectivity index (χ3v) is 5.46. The summed E-state index contributed by atoms with van der Waals surface area (Å²) < 4.78 is 11.7. The van der Waals surface area contributed by atoms with Crippen LogP contribution in [0.2, 0.25) is 0 Å². The number of nitrogens with zero attached hydrogens (tertiary/aromatic N) is 3. The normalized spacial score (nSPS) is 18.2. The molecule has 1 N–H and O–H groups in total. The smallest absolute Gasteiger partial charge is 0.254 e. The maximum absolute atomic E-state index is 12.9. The van der Waals surface area contributed by atoms with Crippen molar-refractivity contribution in [3.05, 3.63) is 41.2 Å². The number of hydrogen-bond donors (Lipinski definition) is 1. The van der Waals surface area contributed by atoms with Crippen molar-refractivity contribution in [2.45, 2.75) is 31.9 Å². The van der Waals surface area contributed by atoms with Gasteiger partial charge in [0.25, 0.3) is 5.91 Å². The van der Waals surface area contributed by atoms with Gasteiger partial charge in [0.15, 0.2) is 11.5 Å². The molecule has 0 aliphatic carbocycles. The maximum atomic E-state index is 12.9. The van der Waals surface area contributed by atoms with Crippen molar-refractivity contribution in [3.8, 4) is 11.5 Å². The Morgan fingerprint density at radius 2 is 2.04 bits per heavy atom. The number of aromatic amines is 1. The highest BCUT2D eigenvalue weighted by molar-refractivity contribution is 5.95. The summed E-state index contributed by atoms with van der Waals surface area (Å²) in [6.45, 7) is 3.34. The Labute approximate surface area is 159 Å². The number of nitrogens with one attached hydrogen (secondary N) is 1. The van der Waals surface area contributed by atoms with Gasteiger partial charge in [-0.2, -0.15) is 5.10 Å². The summed E-state index contributed by atoms with van der Waals surface area (Å²) in [7, 11) is 3.74. The van der Waals surface area contributed by atoms with Gasteiger partial charge in [0.1, 0.15) is 6.10 Å². The Morgan fingerprint density at radius 3 is 2.81 bits per heavy atom. The van der Waals surface area contributed by atoms with Gasteiger partial charge in [0.05, 0.1) is 13.3 Å². The summed E-state index contributed by atoms with van der Waals surface area (Å²) in [5, 5.41) is 7.06. The molecular formula is C20H26N4O3. The molecule has 7 heteroatoms. The number of fused-ring (bicyclic) bond motifs is 1. The van der Waals surface area contributed by atoms with Crippen molar-refractivity contribution in [3.63, 3.8) is 0 Å². The van der Waals surface area contributed by atoms with E-state index in [0.717, 1.165) is 43.6 Å². The average molecular weight is 370 g/mol. The Balaban J connectivity index is 1.47.